The van der Waals surface area contributed by atoms with Crippen molar-refractivity contribution in [1.82, 2.24) is 20.1 Å². The number of benzene rings is 2. The zero-order valence-electron chi connectivity index (χ0n) is 23.9. The summed E-state index contributed by atoms with van der Waals surface area (Å²) in [4.78, 5) is 21.4. The van der Waals surface area contributed by atoms with Crippen molar-refractivity contribution in [2.75, 3.05) is 26.3 Å². The van der Waals surface area contributed by atoms with Crippen LogP contribution in [-0.4, -0.2) is 58.3 Å². The van der Waals surface area contributed by atoms with Gasteiger partial charge in [-0.15, -0.1) is 0 Å². The summed E-state index contributed by atoms with van der Waals surface area (Å²) >= 11 is 0. The first-order valence-electron chi connectivity index (χ1n) is 15.2. The zero-order valence-corrected chi connectivity index (χ0v) is 23.9. The molecule has 1 fully saturated rings. The molecule has 216 valence electrons. The molecule has 1 aliphatic carbocycles. The fourth-order valence-corrected chi connectivity index (χ4v) is 6.86. The Labute approximate surface area is 243 Å². The van der Waals surface area contributed by atoms with E-state index in [1.165, 1.54) is 22.3 Å². The standard InChI is InChI=1S/C34H42N4O3/c39-34(40)38-23-30-6-2-1-5-29(30)19-31(38)24-37(32-9-3-7-28-8-4-16-36-33(28)32)22-27-12-10-25(11-13-27)20-35-21-26-14-17-41-18-15-26/h1-2,4-6,8,10-13,16,26,31-32,35H,3,7,9,14-15,17-24H2,(H,39,40)/t31-,32+/m1/s1. The summed E-state index contributed by atoms with van der Waals surface area (Å²) < 4.78 is 5.49. The van der Waals surface area contributed by atoms with Gasteiger partial charge in [-0.1, -0.05) is 54.6 Å². The number of hydrogen-bond donors (Lipinski definition) is 2. The molecule has 0 saturated carbocycles. The predicted octanol–water partition coefficient (Wildman–Crippen LogP) is 5.58. The maximum Gasteiger partial charge on any atom is 0.407 e. The van der Waals surface area contributed by atoms with Gasteiger partial charge in [0.15, 0.2) is 0 Å². The lowest BCUT2D eigenvalue weighted by molar-refractivity contribution is 0.0662. The molecule has 1 amide bonds. The number of carbonyl (C=O) groups is 1. The van der Waals surface area contributed by atoms with Crippen molar-refractivity contribution >= 4 is 6.09 Å². The molecule has 2 N–H and O–H groups in total. The average molecular weight is 555 g/mol. The minimum Gasteiger partial charge on any atom is -0.465 e. The van der Waals surface area contributed by atoms with Crippen molar-refractivity contribution in [3.8, 4) is 0 Å². The largest absolute Gasteiger partial charge is 0.465 e. The van der Waals surface area contributed by atoms with Gasteiger partial charge >= 0.3 is 6.09 Å². The molecule has 1 aromatic heterocycles. The number of aromatic nitrogens is 1. The minimum atomic E-state index is -0.843. The van der Waals surface area contributed by atoms with Crippen LogP contribution >= 0.6 is 0 Å². The Morgan fingerprint density at radius 1 is 0.976 bits per heavy atom. The highest BCUT2D eigenvalue weighted by Crippen LogP contribution is 2.35. The van der Waals surface area contributed by atoms with Crippen molar-refractivity contribution in [1.29, 1.82) is 0 Å². The first kappa shape index (κ1) is 27.9. The van der Waals surface area contributed by atoms with Gasteiger partial charge in [0.2, 0.25) is 0 Å². The van der Waals surface area contributed by atoms with E-state index in [0.717, 1.165) is 82.6 Å². The second kappa shape index (κ2) is 13.1. The Morgan fingerprint density at radius 2 is 1.73 bits per heavy atom. The van der Waals surface area contributed by atoms with Crippen molar-refractivity contribution in [3.63, 3.8) is 0 Å². The molecular formula is C34H42N4O3. The van der Waals surface area contributed by atoms with E-state index in [2.05, 4.69) is 58.7 Å². The first-order valence-corrected chi connectivity index (χ1v) is 15.2. The Kier molecular flexibility index (Phi) is 8.94. The summed E-state index contributed by atoms with van der Waals surface area (Å²) in [6, 6.07) is 21.5. The van der Waals surface area contributed by atoms with Crippen LogP contribution in [0.2, 0.25) is 0 Å². The predicted molar refractivity (Wildman–Crippen MR) is 160 cm³/mol. The Balaban J connectivity index is 1.19. The normalized spacial score (nSPS) is 21.0. The van der Waals surface area contributed by atoms with E-state index in [1.54, 1.807) is 4.90 Å². The van der Waals surface area contributed by atoms with Crippen molar-refractivity contribution in [3.05, 3.63) is 100 Å². The Hall–Kier alpha value is -3.26. The molecule has 3 aromatic rings. The third kappa shape index (κ3) is 6.80. The van der Waals surface area contributed by atoms with Gasteiger partial charge in [-0.05, 0) is 84.9 Å². The number of amides is 1. The van der Waals surface area contributed by atoms with Crippen LogP contribution in [0.1, 0.15) is 65.2 Å². The van der Waals surface area contributed by atoms with Gasteiger partial charge in [-0.3, -0.25) is 14.8 Å². The van der Waals surface area contributed by atoms with E-state index in [4.69, 9.17) is 9.72 Å². The van der Waals surface area contributed by atoms with Crippen molar-refractivity contribution in [2.45, 2.75) is 70.2 Å². The lowest BCUT2D eigenvalue weighted by Gasteiger charge is -2.41. The van der Waals surface area contributed by atoms with Crippen molar-refractivity contribution < 1.29 is 14.6 Å². The number of pyridine rings is 1. The highest BCUT2D eigenvalue weighted by Gasteiger charge is 2.34. The molecule has 41 heavy (non-hydrogen) atoms. The summed E-state index contributed by atoms with van der Waals surface area (Å²) in [5.74, 6) is 0.709. The quantitative estimate of drug-likeness (QED) is 0.360. The number of aryl methyl sites for hydroxylation is 1. The molecule has 0 bridgehead atoms. The molecule has 2 aliphatic heterocycles. The van der Waals surface area contributed by atoms with Gasteiger partial charge in [0.05, 0.1) is 17.8 Å². The molecular weight excluding hydrogens is 512 g/mol. The van der Waals surface area contributed by atoms with E-state index < -0.39 is 6.09 Å². The van der Waals surface area contributed by atoms with Crippen LogP contribution in [0.5, 0.6) is 0 Å². The highest BCUT2D eigenvalue weighted by atomic mass is 16.5. The lowest BCUT2D eigenvalue weighted by Crippen LogP contribution is -2.50. The molecule has 1 saturated heterocycles. The van der Waals surface area contributed by atoms with E-state index >= 15 is 0 Å². The second-order valence-corrected chi connectivity index (χ2v) is 11.9. The van der Waals surface area contributed by atoms with E-state index in [9.17, 15) is 9.90 Å². The molecule has 6 rings (SSSR count). The fourth-order valence-electron chi connectivity index (χ4n) is 6.86. The number of fused-ring (bicyclic) bond motifs is 2. The summed E-state index contributed by atoms with van der Waals surface area (Å²) in [7, 11) is 0. The minimum absolute atomic E-state index is 0.106. The van der Waals surface area contributed by atoms with Crippen LogP contribution in [0.15, 0.2) is 66.9 Å². The molecule has 2 aromatic carbocycles. The van der Waals surface area contributed by atoms with Gasteiger partial charge in [0.1, 0.15) is 0 Å². The number of nitrogens with one attached hydrogen (secondary N) is 1. The smallest absolute Gasteiger partial charge is 0.407 e. The van der Waals surface area contributed by atoms with Gasteiger partial charge in [0, 0.05) is 45.6 Å². The molecule has 7 heteroatoms. The van der Waals surface area contributed by atoms with Crippen LogP contribution < -0.4 is 5.32 Å². The number of ether oxygens (including phenoxy) is 1. The molecule has 3 heterocycles. The summed E-state index contributed by atoms with van der Waals surface area (Å²) in [6.07, 6.45) is 7.30. The van der Waals surface area contributed by atoms with Gasteiger partial charge in [-0.25, -0.2) is 4.79 Å². The molecule has 0 unspecified atom stereocenters. The first-order chi connectivity index (χ1) is 20.1. The molecule has 3 aliphatic rings. The van der Waals surface area contributed by atoms with Gasteiger partial charge in [-0.2, -0.15) is 0 Å². The van der Waals surface area contributed by atoms with Gasteiger partial charge < -0.3 is 15.2 Å². The van der Waals surface area contributed by atoms with Crippen LogP contribution in [0.4, 0.5) is 4.79 Å². The third-order valence-corrected chi connectivity index (χ3v) is 9.16. The van der Waals surface area contributed by atoms with E-state index in [0.29, 0.717) is 19.0 Å². The molecule has 0 radical (unpaired) electrons. The van der Waals surface area contributed by atoms with E-state index in [-0.39, 0.29) is 12.1 Å². The number of nitrogens with zero attached hydrogens (tertiary/aromatic N) is 3. The zero-order chi connectivity index (χ0) is 28.0. The topological polar surface area (TPSA) is 77.9 Å². The molecule has 0 spiro atoms. The SMILES string of the molecule is O=C(O)N1Cc2ccccc2C[C@@H]1CN(Cc1ccc(CNCC2CCOCC2)cc1)[C@H]1CCCc2cccnc21. The molecule has 2 atom stereocenters. The fraction of sp³-hybridized carbons (Fsp3) is 0.471. The third-order valence-electron chi connectivity index (χ3n) is 9.16. The monoisotopic (exact) mass is 554 g/mol. The maximum atomic E-state index is 12.4. The van der Waals surface area contributed by atoms with E-state index in [1.807, 2.05) is 18.3 Å². The summed E-state index contributed by atoms with van der Waals surface area (Å²) in [5.41, 5.74) is 7.39. The van der Waals surface area contributed by atoms with Crippen LogP contribution in [-0.2, 0) is 37.2 Å². The van der Waals surface area contributed by atoms with Gasteiger partial charge in [0.25, 0.3) is 0 Å². The number of rotatable bonds is 9. The summed E-state index contributed by atoms with van der Waals surface area (Å²) in [6.45, 7) is 5.57. The van der Waals surface area contributed by atoms with Crippen LogP contribution in [0.25, 0.3) is 0 Å². The molecule has 7 nitrogen and oxygen atoms in total. The lowest BCUT2D eigenvalue weighted by atomic mass is 9.89. The number of hydrogen-bond acceptors (Lipinski definition) is 5. The number of carboxylic acid groups (broad SMARTS) is 1. The second-order valence-electron chi connectivity index (χ2n) is 11.9. The maximum absolute atomic E-state index is 12.4. The highest BCUT2D eigenvalue weighted by molar-refractivity contribution is 5.66. The average Bonchev–Trinajstić information content (AvgIpc) is 3.01. The summed E-state index contributed by atoms with van der Waals surface area (Å²) in [5, 5.41) is 13.8. The van der Waals surface area contributed by atoms with Crippen LogP contribution in [0, 0.1) is 5.92 Å². The Bertz CT molecular complexity index is 1310. The van der Waals surface area contributed by atoms with Crippen molar-refractivity contribution in [2.24, 2.45) is 5.92 Å². The van der Waals surface area contributed by atoms with Crippen LogP contribution in [0.3, 0.4) is 0 Å². The Morgan fingerprint density at radius 3 is 2.54 bits per heavy atom.